The van der Waals surface area contributed by atoms with Gasteiger partial charge in [0, 0.05) is 29.4 Å². The summed E-state index contributed by atoms with van der Waals surface area (Å²) in [6.45, 7) is 2.94. The molecule has 0 saturated carbocycles. The fourth-order valence-corrected chi connectivity index (χ4v) is 6.34. The van der Waals surface area contributed by atoms with Gasteiger partial charge in [-0.3, -0.25) is 4.79 Å². The van der Waals surface area contributed by atoms with Crippen molar-refractivity contribution in [2.75, 3.05) is 32.4 Å². The van der Waals surface area contributed by atoms with Crippen molar-refractivity contribution in [3.63, 3.8) is 0 Å². The van der Waals surface area contributed by atoms with Crippen LogP contribution in [-0.2, 0) is 10.2 Å². The molecule has 3 aromatic carbocycles. The molecule has 1 amide bonds. The first-order chi connectivity index (χ1) is 15.9. The minimum absolute atomic E-state index is 0.126. The summed E-state index contributed by atoms with van der Waals surface area (Å²) in [5.41, 5.74) is 7.34. The minimum atomic E-state index is -0.838. The number of thioether (sulfide) groups is 1. The largest absolute Gasteiger partial charge is 0.369 e. The Balaban J connectivity index is 1.52. The molecule has 2 atom stereocenters. The van der Waals surface area contributed by atoms with Crippen LogP contribution < -0.4 is 5.73 Å². The molecule has 3 nitrogen and oxygen atoms in total. The van der Waals surface area contributed by atoms with Gasteiger partial charge in [0.1, 0.15) is 11.2 Å². The standard InChI is InChI=1S/C28H31FN2OS/c1-31(17-9-19-33-26-15-8-14-25(29)20-26)18-16-24(21-31)28(27(30)32,22-10-4-2-5-11-22)23-12-6-3-7-13-23/h2-8,10-15,20,24H,9,16-19,21H2,1H3,(H-,30,32)/p+1. The van der Waals surface area contributed by atoms with Crippen LogP contribution in [0, 0.1) is 11.7 Å². The van der Waals surface area contributed by atoms with E-state index in [1.807, 2.05) is 66.7 Å². The Morgan fingerprint density at radius 1 is 1.03 bits per heavy atom. The molecule has 0 bridgehead atoms. The van der Waals surface area contributed by atoms with Gasteiger partial charge in [0.2, 0.25) is 5.91 Å². The van der Waals surface area contributed by atoms with E-state index >= 15 is 0 Å². The summed E-state index contributed by atoms with van der Waals surface area (Å²) in [5, 5.41) is 0. The molecule has 1 heterocycles. The van der Waals surface area contributed by atoms with Crippen LogP contribution >= 0.6 is 11.8 Å². The van der Waals surface area contributed by atoms with Crippen molar-refractivity contribution in [2.45, 2.75) is 23.2 Å². The maximum Gasteiger partial charge on any atom is 0.233 e. The van der Waals surface area contributed by atoms with Crippen molar-refractivity contribution in [3.8, 4) is 0 Å². The van der Waals surface area contributed by atoms with Crippen LogP contribution in [0.5, 0.6) is 0 Å². The molecule has 1 aliphatic rings. The average molecular weight is 464 g/mol. The summed E-state index contributed by atoms with van der Waals surface area (Å²) in [5.74, 6) is 0.604. The van der Waals surface area contributed by atoms with E-state index in [9.17, 15) is 9.18 Å². The molecule has 0 radical (unpaired) electrons. The van der Waals surface area contributed by atoms with E-state index in [-0.39, 0.29) is 17.6 Å². The van der Waals surface area contributed by atoms with E-state index in [0.717, 1.165) is 58.7 Å². The highest BCUT2D eigenvalue weighted by Gasteiger charge is 2.53. The lowest BCUT2D eigenvalue weighted by atomic mass is 9.64. The summed E-state index contributed by atoms with van der Waals surface area (Å²) < 4.78 is 14.3. The molecule has 3 aromatic rings. The second kappa shape index (κ2) is 10.1. The topological polar surface area (TPSA) is 43.1 Å². The van der Waals surface area contributed by atoms with E-state index in [1.54, 1.807) is 23.9 Å². The number of nitrogens with two attached hydrogens (primary N) is 1. The van der Waals surface area contributed by atoms with Gasteiger partial charge in [0.25, 0.3) is 0 Å². The smallest absolute Gasteiger partial charge is 0.233 e. The minimum Gasteiger partial charge on any atom is -0.369 e. The van der Waals surface area contributed by atoms with E-state index in [1.165, 1.54) is 6.07 Å². The first kappa shape index (κ1) is 23.5. The van der Waals surface area contributed by atoms with Crippen LogP contribution in [0.4, 0.5) is 4.39 Å². The molecule has 0 aromatic heterocycles. The number of carbonyl (C=O) groups is 1. The SMILES string of the molecule is C[N+]1(CCCSc2cccc(F)c2)CCC(C(C(N)=O)(c2ccccc2)c2ccccc2)C1. The second-order valence-corrected chi connectivity index (χ2v) is 10.5. The summed E-state index contributed by atoms with van der Waals surface area (Å²) >= 11 is 1.70. The molecule has 2 unspecified atom stereocenters. The highest BCUT2D eigenvalue weighted by Crippen LogP contribution is 2.45. The van der Waals surface area contributed by atoms with Gasteiger partial charge < -0.3 is 10.2 Å². The van der Waals surface area contributed by atoms with Crippen LogP contribution in [0.1, 0.15) is 24.0 Å². The second-order valence-electron chi connectivity index (χ2n) is 9.30. The zero-order valence-corrected chi connectivity index (χ0v) is 19.9. The van der Waals surface area contributed by atoms with Gasteiger partial charge >= 0.3 is 0 Å². The number of hydrogen-bond donors (Lipinski definition) is 1. The number of primary amides is 1. The molecule has 5 heteroatoms. The van der Waals surface area contributed by atoms with Crippen molar-refractivity contribution in [3.05, 3.63) is 102 Å². The van der Waals surface area contributed by atoms with E-state index in [4.69, 9.17) is 5.73 Å². The normalized spacial score (nSPS) is 20.6. The van der Waals surface area contributed by atoms with E-state index in [2.05, 4.69) is 7.05 Å². The predicted molar refractivity (Wildman–Crippen MR) is 133 cm³/mol. The van der Waals surface area contributed by atoms with Crippen LogP contribution in [0.15, 0.2) is 89.8 Å². The predicted octanol–water partition coefficient (Wildman–Crippen LogP) is 5.25. The van der Waals surface area contributed by atoms with E-state index in [0.29, 0.717) is 0 Å². The fourth-order valence-electron chi connectivity index (χ4n) is 5.46. The fraction of sp³-hybridized carbons (Fsp3) is 0.321. The molecule has 1 saturated heterocycles. The number of quaternary nitrogens is 1. The Morgan fingerprint density at radius 3 is 2.24 bits per heavy atom. The third kappa shape index (κ3) is 4.99. The third-order valence-corrected chi connectivity index (χ3v) is 8.13. The number of hydrogen-bond acceptors (Lipinski definition) is 2. The Morgan fingerprint density at radius 2 is 1.67 bits per heavy atom. The summed E-state index contributed by atoms with van der Waals surface area (Å²) in [7, 11) is 2.29. The Bertz CT molecular complexity index is 1040. The lowest BCUT2D eigenvalue weighted by Crippen LogP contribution is -2.51. The zero-order chi connectivity index (χ0) is 23.3. The van der Waals surface area contributed by atoms with Crippen molar-refractivity contribution >= 4 is 17.7 Å². The number of benzene rings is 3. The quantitative estimate of drug-likeness (QED) is 0.268. The van der Waals surface area contributed by atoms with Crippen molar-refractivity contribution < 1.29 is 13.7 Å². The highest BCUT2D eigenvalue weighted by molar-refractivity contribution is 7.99. The van der Waals surface area contributed by atoms with Gasteiger partial charge in [-0.2, -0.15) is 0 Å². The maximum atomic E-state index is 13.4. The van der Waals surface area contributed by atoms with E-state index < -0.39 is 5.41 Å². The number of halogens is 1. The van der Waals surface area contributed by atoms with Crippen LogP contribution in [0.25, 0.3) is 0 Å². The summed E-state index contributed by atoms with van der Waals surface area (Å²) in [4.78, 5) is 14.2. The number of likely N-dealkylation sites (tertiary alicyclic amines) is 1. The molecule has 33 heavy (non-hydrogen) atoms. The monoisotopic (exact) mass is 463 g/mol. The van der Waals surface area contributed by atoms with Gasteiger partial charge in [-0.15, -0.1) is 11.8 Å². The number of amides is 1. The third-order valence-electron chi connectivity index (χ3n) is 7.04. The van der Waals surface area contributed by atoms with Crippen molar-refractivity contribution in [1.29, 1.82) is 0 Å². The van der Waals surface area contributed by atoms with Gasteiger partial charge in [0.05, 0.1) is 26.7 Å². The Hall–Kier alpha value is -2.63. The molecule has 1 fully saturated rings. The summed E-state index contributed by atoms with van der Waals surface area (Å²) in [6, 6.07) is 26.8. The van der Waals surface area contributed by atoms with Crippen molar-refractivity contribution in [1.82, 2.24) is 0 Å². The molecular formula is C28H32FN2OS+. The Kier molecular flexibility index (Phi) is 7.20. The average Bonchev–Trinajstić information content (AvgIpc) is 3.21. The molecule has 0 spiro atoms. The zero-order valence-electron chi connectivity index (χ0n) is 19.1. The lowest BCUT2D eigenvalue weighted by Gasteiger charge is -2.38. The molecule has 4 rings (SSSR count). The number of nitrogens with zero attached hydrogens (tertiary/aromatic N) is 1. The maximum absolute atomic E-state index is 13.4. The first-order valence-corrected chi connectivity index (χ1v) is 12.6. The van der Waals surface area contributed by atoms with Crippen LogP contribution in [0.3, 0.4) is 0 Å². The van der Waals surface area contributed by atoms with Gasteiger partial charge in [-0.25, -0.2) is 4.39 Å². The number of carbonyl (C=O) groups excluding carboxylic acids is 1. The van der Waals surface area contributed by atoms with Crippen LogP contribution in [-0.4, -0.2) is 42.8 Å². The molecular weight excluding hydrogens is 431 g/mol. The highest BCUT2D eigenvalue weighted by atomic mass is 32.2. The molecule has 172 valence electrons. The lowest BCUT2D eigenvalue weighted by molar-refractivity contribution is -0.899. The van der Waals surface area contributed by atoms with Crippen molar-refractivity contribution in [2.24, 2.45) is 11.7 Å². The van der Waals surface area contributed by atoms with Gasteiger partial charge in [0.15, 0.2) is 0 Å². The number of rotatable bonds is 9. The van der Waals surface area contributed by atoms with Gasteiger partial charge in [-0.1, -0.05) is 66.7 Å². The first-order valence-electron chi connectivity index (χ1n) is 11.6. The van der Waals surface area contributed by atoms with Gasteiger partial charge in [-0.05, 0) is 29.3 Å². The summed E-state index contributed by atoms with van der Waals surface area (Å²) in [6.07, 6.45) is 1.98. The van der Waals surface area contributed by atoms with Crippen LogP contribution in [0.2, 0.25) is 0 Å². The molecule has 2 N–H and O–H groups in total. The molecule has 0 aliphatic carbocycles. The molecule has 1 aliphatic heterocycles. The Labute approximate surface area is 200 Å².